The summed E-state index contributed by atoms with van der Waals surface area (Å²) >= 11 is 0. The smallest absolute Gasteiger partial charge is 0.256 e. The molecule has 0 aliphatic rings. The Morgan fingerprint density at radius 1 is 1.17 bits per heavy atom. The lowest BCUT2D eigenvalue weighted by atomic mass is 10.1. The molecule has 0 fully saturated rings. The topological polar surface area (TPSA) is 49.0 Å². The number of rotatable bonds is 3. The Morgan fingerprint density at radius 3 is 2.70 bits per heavy atom. The molecule has 1 amide bonds. The number of fused-ring (bicyclic) bond motifs is 1. The first-order chi connectivity index (χ1) is 11.0. The molecule has 1 heterocycles. The van der Waals surface area contributed by atoms with Gasteiger partial charge in [0.25, 0.3) is 5.91 Å². The van der Waals surface area contributed by atoms with E-state index in [0.29, 0.717) is 16.6 Å². The fourth-order valence-corrected chi connectivity index (χ4v) is 2.37. The second kappa shape index (κ2) is 5.75. The molecule has 0 aliphatic heterocycles. The second-order valence-corrected chi connectivity index (χ2v) is 5.16. The number of benzene rings is 2. The van der Waals surface area contributed by atoms with E-state index in [1.807, 2.05) is 0 Å². The van der Waals surface area contributed by atoms with Gasteiger partial charge in [-0.1, -0.05) is 6.07 Å². The van der Waals surface area contributed by atoms with Gasteiger partial charge < -0.3 is 9.88 Å². The summed E-state index contributed by atoms with van der Waals surface area (Å²) in [7, 11) is 1.49. The van der Waals surface area contributed by atoms with E-state index in [9.17, 15) is 18.0 Å². The zero-order valence-electron chi connectivity index (χ0n) is 12.1. The Kier molecular flexibility index (Phi) is 3.77. The van der Waals surface area contributed by atoms with Gasteiger partial charge in [0.15, 0.2) is 11.6 Å². The highest BCUT2D eigenvalue weighted by Crippen LogP contribution is 2.20. The van der Waals surface area contributed by atoms with E-state index < -0.39 is 23.4 Å². The van der Waals surface area contributed by atoms with Gasteiger partial charge in [-0.15, -0.1) is 0 Å². The molecule has 118 valence electrons. The van der Waals surface area contributed by atoms with Crippen LogP contribution in [0.2, 0.25) is 0 Å². The minimum Gasteiger partial charge on any atom is -0.344 e. The molecular formula is C16H12F3N3O. The van der Waals surface area contributed by atoms with E-state index in [1.54, 1.807) is 0 Å². The molecule has 1 N–H and O–H groups in total. The van der Waals surface area contributed by atoms with E-state index in [4.69, 9.17) is 0 Å². The predicted octanol–water partition coefficient (Wildman–Crippen LogP) is 3.25. The average Bonchev–Trinajstić information content (AvgIpc) is 2.97. The van der Waals surface area contributed by atoms with E-state index >= 15 is 0 Å². The number of H-pyrrole nitrogens is 1. The Hall–Kier alpha value is -2.83. The minimum atomic E-state index is -0.983. The first-order valence-corrected chi connectivity index (χ1v) is 6.77. The molecule has 0 bridgehead atoms. The molecule has 0 aliphatic carbocycles. The average molecular weight is 319 g/mol. The maximum Gasteiger partial charge on any atom is 0.256 e. The van der Waals surface area contributed by atoms with Gasteiger partial charge in [-0.3, -0.25) is 4.79 Å². The summed E-state index contributed by atoms with van der Waals surface area (Å²) in [6.07, 6.45) is 1.37. The summed E-state index contributed by atoms with van der Waals surface area (Å²) in [6.45, 7) is 0.0540. The number of hydrogen-bond donors (Lipinski definition) is 1. The van der Waals surface area contributed by atoms with Crippen molar-refractivity contribution in [2.24, 2.45) is 0 Å². The molecule has 0 unspecified atom stereocenters. The van der Waals surface area contributed by atoms with Gasteiger partial charge in [-0.25, -0.2) is 18.2 Å². The summed E-state index contributed by atoms with van der Waals surface area (Å²) in [6, 6.07) is 5.76. The zero-order chi connectivity index (χ0) is 16.6. The molecule has 0 saturated carbocycles. The number of hydrogen-bond acceptors (Lipinski definition) is 2. The molecule has 23 heavy (non-hydrogen) atoms. The zero-order valence-corrected chi connectivity index (χ0v) is 12.1. The van der Waals surface area contributed by atoms with Crippen LogP contribution in [0.25, 0.3) is 11.0 Å². The van der Waals surface area contributed by atoms with Gasteiger partial charge >= 0.3 is 0 Å². The lowest BCUT2D eigenvalue weighted by molar-refractivity contribution is 0.0786. The van der Waals surface area contributed by atoms with Crippen LogP contribution in [-0.4, -0.2) is 27.8 Å². The van der Waals surface area contributed by atoms with Crippen molar-refractivity contribution in [3.63, 3.8) is 0 Å². The quantitative estimate of drug-likeness (QED) is 0.805. The molecule has 2 aromatic carbocycles. The number of carbonyl (C=O) groups excluding carboxylic acids is 1. The number of nitrogens with zero attached hydrogens (tertiary/aromatic N) is 2. The van der Waals surface area contributed by atoms with Gasteiger partial charge in [0, 0.05) is 13.6 Å². The Morgan fingerprint density at radius 2 is 1.96 bits per heavy atom. The van der Waals surface area contributed by atoms with Crippen molar-refractivity contribution >= 4 is 16.9 Å². The van der Waals surface area contributed by atoms with Crippen molar-refractivity contribution in [1.29, 1.82) is 0 Å². The Bertz CT molecular complexity index is 891. The summed E-state index contributed by atoms with van der Waals surface area (Å²) in [5, 5.41) is 0. The molecule has 0 saturated heterocycles. The van der Waals surface area contributed by atoms with Crippen molar-refractivity contribution in [2.75, 3.05) is 7.05 Å². The number of halogens is 3. The van der Waals surface area contributed by atoms with Crippen LogP contribution in [0.5, 0.6) is 0 Å². The summed E-state index contributed by atoms with van der Waals surface area (Å²) < 4.78 is 39.8. The number of aromatic nitrogens is 2. The minimum absolute atomic E-state index is 0.0540. The number of aromatic amines is 1. The monoisotopic (exact) mass is 319 g/mol. The molecular weight excluding hydrogens is 307 g/mol. The highest BCUT2D eigenvalue weighted by molar-refractivity contribution is 6.04. The van der Waals surface area contributed by atoms with Crippen molar-refractivity contribution in [1.82, 2.24) is 14.9 Å². The second-order valence-electron chi connectivity index (χ2n) is 5.16. The molecule has 3 rings (SSSR count). The Labute approximate surface area is 129 Å². The van der Waals surface area contributed by atoms with Crippen LogP contribution in [-0.2, 0) is 6.54 Å². The first kappa shape index (κ1) is 15.1. The van der Waals surface area contributed by atoms with E-state index in [-0.39, 0.29) is 12.1 Å². The van der Waals surface area contributed by atoms with Gasteiger partial charge in [0.05, 0.1) is 17.4 Å². The van der Waals surface area contributed by atoms with Crippen LogP contribution in [0.3, 0.4) is 0 Å². The third-order valence-corrected chi connectivity index (χ3v) is 3.47. The lowest BCUT2D eigenvalue weighted by Gasteiger charge is -2.17. The van der Waals surface area contributed by atoms with Crippen molar-refractivity contribution in [2.45, 2.75) is 6.54 Å². The van der Waals surface area contributed by atoms with Crippen LogP contribution in [0.4, 0.5) is 13.2 Å². The Balaban J connectivity index is 1.89. The molecule has 3 aromatic rings. The fraction of sp³-hybridized carbons (Fsp3) is 0.125. The van der Waals surface area contributed by atoms with Crippen LogP contribution in [0.1, 0.15) is 15.9 Å². The molecule has 0 spiro atoms. The summed E-state index contributed by atoms with van der Waals surface area (Å²) in [4.78, 5) is 20.6. The van der Waals surface area contributed by atoms with Crippen LogP contribution in [0, 0.1) is 17.5 Å². The van der Waals surface area contributed by atoms with Crippen molar-refractivity contribution < 1.29 is 18.0 Å². The molecule has 1 aromatic heterocycles. The van der Waals surface area contributed by atoms with Gasteiger partial charge in [-0.2, -0.15) is 0 Å². The largest absolute Gasteiger partial charge is 0.344 e. The molecule has 0 atom stereocenters. The lowest BCUT2D eigenvalue weighted by Crippen LogP contribution is -2.26. The summed E-state index contributed by atoms with van der Waals surface area (Å²) in [5.74, 6) is -2.97. The summed E-state index contributed by atoms with van der Waals surface area (Å²) in [5.41, 5.74) is 1.30. The molecule has 7 heteroatoms. The SMILES string of the molecule is CN(Cc1ccc(F)c(F)c1)C(=O)c1cc(F)cc2[nH]cnc12. The van der Waals surface area contributed by atoms with Gasteiger partial charge in [0.2, 0.25) is 0 Å². The van der Waals surface area contributed by atoms with E-state index in [2.05, 4.69) is 9.97 Å². The highest BCUT2D eigenvalue weighted by Gasteiger charge is 2.18. The number of imidazole rings is 1. The third kappa shape index (κ3) is 2.90. The van der Waals surface area contributed by atoms with Crippen LogP contribution in [0.15, 0.2) is 36.7 Å². The number of nitrogens with one attached hydrogen (secondary N) is 1. The maximum absolute atomic E-state index is 13.6. The highest BCUT2D eigenvalue weighted by atomic mass is 19.2. The number of amides is 1. The molecule has 4 nitrogen and oxygen atoms in total. The normalized spacial score (nSPS) is 11.0. The van der Waals surface area contributed by atoms with E-state index in [0.717, 1.165) is 18.2 Å². The number of carbonyl (C=O) groups is 1. The predicted molar refractivity (Wildman–Crippen MR) is 78.2 cm³/mol. The van der Waals surface area contributed by atoms with E-state index in [1.165, 1.54) is 30.4 Å². The van der Waals surface area contributed by atoms with Crippen molar-refractivity contribution in [3.8, 4) is 0 Å². The first-order valence-electron chi connectivity index (χ1n) is 6.77. The van der Waals surface area contributed by atoms with Crippen LogP contribution >= 0.6 is 0 Å². The van der Waals surface area contributed by atoms with Gasteiger partial charge in [0.1, 0.15) is 11.3 Å². The fourth-order valence-electron chi connectivity index (χ4n) is 2.37. The van der Waals surface area contributed by atoms with Crippen molar-refractivity contribution in [3.05, 3.63) is 65.2 Å². The molecule has 0 radical (unpaired) electrons. The standard InChI is InChI=1S/C16H12F3N3O/c1-22(7-9-2-3-12(18)13(19)4-9)16(23)11-5-10(17)6-14-15(11)21-8-20-14/h2-6,8H,7H2,1H3,(H,20,21). The maximum atomic E-state index is 13.6. The van der Waals surface area contributed by atoms with Crippen LogP contribution < -0.4 is 0 Å². The van der Waals surface area contributed by atoms with Gasteiger partial charge in [-0.05, 0) is 29.8 Å². The third-order valence-electron chi connectivity index (χ3n) is 3.47.